The van der Waals surface area contributed by atoms with Crippen LogP contribution in [0.15, 0.2) is 47.2 Å². The summed E-state index contributed by atoms with van der Waals surface area (Å²) in [5.41, 5.74) is 10.3. The van der Waals surface area contributed by atoms with Crippen LogP contribution in [-0.2, 0) is 0 Å². The van der Waals surface area contributed by atoms with Gasteiger partial charge in [-0.25, -0.2) is 0 Å². The lowest BCUT2D eigenvalue weighted by Gasteiger charge is -2.08. The topological polar surface area (TPSA) is 74.2 Å². The predicted molar refractivity (Wildman–Crippen MR) is 80.9 cm³/mol. The van der Waals surface area contributed by atoms with Crippen molar-refractivity contribution >= 4 is 5.88 Å². The van der Waals surface area contributed by atoms with E-state index in [1.54, 1.807) is 19.5 Å². The van der Waals surface area contributed by atoms with Crippen molar-refractivity contribution in [1.82, 2.24) is 10.1 Å². The second-order valence-electron chi connectivity index (χ2n) is 4.66. The molecule has 5 nitrogen and oxygen atoms in total. The molecule has 3 rings (SSSR count). The fourth-order valence-electron chi connectivity index (χ4n) is 2.34. The van der Waals surface area contributed by atoms with E-state index < -0.39 is 0 Å². The maximum atomic E-state index is 5.99. The van der Waals surface area contributed by atoms with Crippen molar-refractivity contribution < 1.29 is 9.26 Å². The van der Waals surface area contributed by atoms with Crippen LogP contribution in [-0.4, -0.2) is 17.3 Å². The third kappa shape index (κ3) is 2.23. The maximum absolute atomic E-state index is 5.99. The Hall–Kier alpha value is -2.82. The Balaban J connectivity index is 2.25. The summed E-state index contributed by atoms with van der Waals surface area (Å²) in [5, 5.41) is 4.10. The summed E-state index contributed by atoms with van der Waals surface area (Å²) in [5.74, 6) is 0.916. The molecule has 3 aromatic rings. The number of methoxy groups -OCH3 is 1. The molecule has 0 aliphatic heterocycles. The largest absolute Gasteiger partial charge is 0.494 e. The van der Waals surface area contributed by atoms with Gasteiger partial charge in [0.2, 0.25) is 5.88 Å². The summed E-state index contributed by atoms with van der Waals surface area (Å²) in [7, 11) is 1.59. The van der Waals surface area contributed by atoms with Crippen LogP contribution in [0.5, 0.6) is 5.75 Å². The number of nitrogens with zero attached hydrogens (tertiary/aromatic N) is 2. The van der Waals surface area contributed by atoms with Crippen LogP contribution in [0.25, 0.3) is 22.4 Å². The van der Waals surface area contributed by atoms with Crippen molar-refractivity contribution in [1.29, 1.82) is 0 Å². The highest BCUT2D eigenvalue weighted by Gasteiger charge is 2.21. The van der Waals surface area contributed by atoms with Crippen LogP contribution in [0.4, 0.5) is 5.88 Å². The Kier molecular flexibility index (Phi) is 3.31. The summed E-state index contributed by atoms with van der Waals surface area (Å²) in [4.78, 5) is 4.05. The summed E-state index contributed by atoms with van der Waals surface area (Å²) in [6, 6.07) is 9.79. The third-order valence-corrected chi connectivity index (χ3v) is 3.39. The maximum Gasteiger partial charge on any atom is 0.230 e. The lowest BCUT2D eigenvalue weighted by atomic mass is 9.97. The summed E-state index contributed by atoms with van der Waals surface area (Å²) >= 11 is 0. The zero-order chi connectivity index (χ0) is 14.8. The molecule has 0 radical (unpaired) electrons. The van der Waals surface area contributed by atoms with Gasteiger partial charge in [0.25, 0.3) is 0 Å². The molecular weight excluding hydrogens is 266 g/mol. The highest BCUT2D eigenvalue weighted by Crippen LogP contribution is 2.40. The third-order valence-electron chi connectivity index (χ3n) is 3.39. The molecule has 1 aromatic carbocycles. The number of nitrogen functional groups attached to an aromatic ring is 1. The number of rotatable bonds is 3. The minimum atomic E-state index is 0.290. The molecule has 0 bridgehead atoms. The average Bonchev–Trinajstić information content (AvgIpc) is 2.89. The van der Waals surface area contributed by atoms with Crippen molar-refractivity contribution in [2.75, 3.05) is 12.8 Å². The van der Waals surface area contributed by atoms with Gasteiger partial charge in [0.15, 0.2) is 0 Å². The van der Waals surface area contributed by atoms with Crippen LogP contribution in [0.1, 0.15) is 5.56 Å². The van der Waals surface area contributed by atoms with Gasteiger partial charge in [0, 0.05) is 11.8 Å². The molecule has 0 saturated carbocycles. The Bertz CT molecular complexity index is 781. The van der Waals surface area contributed by atoms with Crippen LogP contribution in [0.3, 0.4) is 0 Å². The molecule has 0 saturated heterocycles. The van der Waals surface area contributed by atoms with Gasteiger partial charge < -0.3 is 15.0 Å². The van der Waals surface area contributed by atoms with Crippen molar-refractivity contribution in [3.05, 3.63) is 48.3 Å². The van der Waals surface area contributed by atoms with Crippen LogP contribution >= 0.6 is 0 Å². The standard InChI is InChI=1S/C16H15N3O2/c1-10-5-3-4-6-11(10)14-15(19-21-16(14)17)12-7-8-18-9-13(12)20-2/h3-9H,17H2,1-2H3. The molecule has 0 spiro atoms. The van der Waals surface area contributed by atoms with E-state index in [1.807, 2.05) is 37.3 Å². The first-order valence-corrected chi connectivity index (χ1v) is 6.52. The monoisotopic (exact) mass is 281 g/mol. The average molecular weight is 281 g/mol. The smallest absolute Gasteiger partial charge is 0.230 e. The molecule has 0 unspecified atom stereocenters. The Morgan fingerprint density at radius 2 is 1.95 bits per heavy atom. The van der Waals surface area contributed by atoms with E-state index in [9.17, 15) is 0 Å². The summed E-state index contributed by atoms with van der Waals surface area (Å²) < 4.78 is 10.6. The molecule has 2 N–H and O–H groups in total. The molecular formula is C16H15N3O2. The van der Waals surface area contributed by atoms with Gasteiger partial charge in [-0.2, -0.15) is 0 Å². The highest BCUT2D eigenvalue weighted by molar-refractivity contribution is 5.89. The summed E-state index contributed by atoms with van der Waals surface area (Å²) in [6.07, 6.45) is 3.33. The first-order chi connectivity index (χ1) is 10.2. The molecule has 0 atom stereocenters. The molecule has 2 aromatic heterocycles. The number of aryl methyl sites for hydroxylation is 1. The Morgan fingerprint density at radius 1 is 1.14 bits per heavy atom. The lowest BCUT2D eigenvalue weighted by Crippen LogP contribution is -1.93. The SMILES string of the molecule is COc1cnccc1-c1noc(N)c1-c1ccccc1C. The van der Waals surface area contributed by atoms with E-state index in [-0.39, 0.29) is 5.88 Å². The van der Waals surface area contributed by atoms with E-state index in [1.165, 1.54) is 0 Å². The van der Waals surface area contributed by atoms with Crippen LogP contribution in [0.2, 0.25) is 0 Å². The molecule has 5 heteroatoms. The Labute approximate surface area is 122 Å². The van der Waals surface area contributed by atoms with E-state index in [4.69, 9.17) is 15.0 Å². The molecule has 0 amide bonds. The van der Waals surface area contributed by atoms with Gasteiger partial charge in [0.05, 0.1) is 18.9 Å². The quantitative estimate of drug-likeness (QED) is 0.797. The van der Waals surface area contributed by atoms with Gasteiger partial charge in [0.1, 0.15) is 11.4 Å². The van der Waals surface area contributed by atoms with Crippen LogP contribution in [0, 0.1) is 6.92 Å². The van der Waals surface area contributed by atoms with E-state index in [2.05, 4.69) is 10.1 Å². The zero-order valence-electron chi connectivity index (χ0n) is 11.8. The zero-order valence-corrected chi connectivity index (χ0v) is 11.8. The molecule has 0 aliphatic rings. The Morgan fingerprint density at radius 3 is 2.71 bits per heavy atom. The number of nitrogens with two attached hydrogens (primary N) is 1. The number of aromatic nitrogens is 2. The number of pyridine rings is 1. The van der Waals surface area contributed by atoms with Crippen LogP contribution < -0.4 is 10.5 Å². The van der Waals surface area contributed by atoms with Gasteiger partial charge in [-0.15, -0.1) is 0 Å². The second kappa shape index (κ2) is 5.28. The molecule has 106 valence electrons. The van der Waals surface area contributed by atoms with Gasteiger partial charge in [-0.05, 0) is 24.1 Å². The second-order valence-corrected chi connectivity index (χ2v) is 4.66. The van der Waals surface area contributed by atoms with Crippen molar-refractivity contribution in [2.45, 2.75) is 6.92 Å². The molecule has 0 fully saturated rings. The van der Waals surface area contributed by atoms with Gasteiger partial charge >= 0.3 is 0 Å². The van der Waals surface area contributed by atoms with E-state index in [0.29, 0.717) is 11.4 Å². The van der Waals surface area contributed by atoms with Crippen molar-refractivity contribution in [3.8, 4) is 28.1 Å². The first-order valence-electron chi connectivity index (χ1n) is 6.52. The lowest BCUT2D eigenvalue weighted by molar-refractivity contribution is 0.412. The highest BCUT2D eigenvalue weighted by atomic mass is 16.5. The fraction of sp³-hybridized carbons (Fsp3) is 0.125. The van der Waals surface area contributed by atoms with Gasteiger partial charge in [-0.3, -0.25) is 4.98 Å². The molecule has 21 heavy (non-hydrogen) atoms. The van der Waals surface area contributed by atoms with E-state index in [0.717, 1.165) is 22.3 Å². The van der Waals surface area contributed by atoms with Crippen molar-refractivity contribution in [3.63, 3.8) is 0 Å². The minimum absolute atomic E-state index is 0.290. The van der Waals surface area contributed by atoms with Gasteiger partial charge in [-0.1, -0.05) is 29.4 Å². The summed E-state index contributed by atoms with van der Waals surface area (Å²) in [6.45, 7) is 2.02. The molecule has 0 aliphatic carbocycles. The number of ether oxygens (including phenoxy) is 1. The van der Waals surface area contributed by atoms with Crippen molar-refractivity contribution in [2.24, 2.45) is 0 Å². The van der Waals surface area contributed by atoms with E-state index >= 15 is 0 Å². The number of hydrogen-bond donors (Lipinski definition) is 1. The number of benzene rings is 1. The first kappa shape index (κ1) is 13.2. The molecule has 2 heterocycles. The fourth-order valence-corrected chi connectivity index (χ4v) is 2.34. The normalized spacial score (nSPS) is 10.6. The number of anilines is 1. The minimum Gasteiger partial charge on any atom is -0.494 e. The number of hydrogen-bond acceptors (Lipinski definition) is 5. The predicted octanol–water partition coefficient (Wildman–Crippen LogP) is 3.30.